The fraction of sp³-hybridized carbons (Fsp3) is 0.375. The van der Waals surface area contributed by atoms with Crippen LogP contribution < -0.4 is 0 Å². The summed E-state index contributed by atoms with van der Waals surface area (Å²) in [5.74, 6) is -0.928. The molecule has 5 nitrogen and oxygen atoms in total. The molecule has 1 aliphatic heterocycles. The fourth-order valence-electron chi connectivity index (χ4n) is 2.79. The SMILES string of the molecule is C[C@]1(C(=O)O)CCN(C(=O)c2cccn2Cc2cccs2)C1. The zero-order valence-corrected chi connectivity index (χ0v) is 13.2. The van der Waals surface area contributed by atoms with Gasteiger partial charge in [-0.15, -0.1) is 11.3 Å². The monoisotopic (exact) mass is 318 g/mol. The largest absolute Gasteiger partial charge is 0.481 e. The van der Waals surface area contributed by atoms with Crippen LogP contribution in [0.2, 0.25) is 0 Å². The van der Waals surface area contributed by atoms with Gasteiger partial charge in [-0.2, -0.15) is 0 Å². The second-order valence-corrected chi connectivity index (χ2v) is 6.98. The summed E-state index contributed by atoms with van der Waals surface area (Å²) in [7, 11) is 0. The summed E-state index contributed by atoms with van der Waals surface area (Å²) in [6.45, 7) is 3.13. The second-order valence-electron chi connectivity index (χ2n) is 5.94. The van der Waals surface area contributed by atoms with Crippen LogP contribution in [0, 0.1) is 5.41 Å². The lowest BCUT2D eigenvalue weighted by Crippen LogP contribution is -2.35. The molecule has 0 saturated carbocycles. The van der Waals surface area contributed by atoms with E-state index in [-0.39, 0.29) is 12.5 Å². The number of carbonyl (C=O) groups excluding carboxylic acids is 1. The summed E-state index contributed by atoms with van der Waals surface area (Å²) < 4.78 is 1.92. The molecule has 22 heavy (non-hydrogen) atoms. The summed E-state index contributed by atoms with van der Waals surface area (Å²) in [6, 6.07) is 7.68. The van der Waals surface area contributed by atoms with Crippen LogP contribution >= 0.6 is 11.3 Å². The maximum absolute atomic E-state index is 12.7. The van der Waals surface area contributed by atoms with E-state index in [4.69, 9.17) is 0 Å². The van der Waals surface area contributed by atoms with Crippen LogP contribution in [0.15, 0.2) is 35.8 Å². The standard InChI is InChI=1S/C16H18N2O3S/c1-16(15(20)21)6-8-18(11-16)14(19)13-5-2-7-17(13)10-12-4-3-9-22-12/h2-5,7,9H,6,8,10-11H2,1H3,(H,20,21)/t16-/m0/s1. The average molecular weight is 318 g/mol. The van der Waals surface area contributed by atoms with E-state index in [1.807, 2.05) is 34.3 Å². The van der Waals surface area contributed by atoms with Crippen molar-refractivity contribution < 1.29 is 14.7 Å². The van der Waals surface area contributed by atoms with Gasteiger partial charge in [0.15, 0.2) is 0 Å². The summed E-state index contributed by atoms with van der Waals surface area (Å²) in [4.78, 5) is 26.8. The van der Waals surface area contributed by atoms with Crippen LogP contribution in [-0.4, -0.2) is 39.5 Å². The van der Waals surface area contributed by atoms with Gasteiger partial charge in [-0.1, -0.05) is 6.07 Å². The summed E-state index contributed by atoms with van der Waals surface area (Å²) >= 11 is 1.65. The van der Waals surface area contributed by atoms with Crippen LogP contribution in [0.4, 0.5) is 0 Å². The molecule has 1 atom stereocenters. The number of carboxylic acids is 1. The van der Waals surface area contributed by atoms with Crippen molar-refractivity contribution in [3.05, 3.63) is 46.4 Å². The van der Waals surface area contributed by atoms with Gasteiger partial charge < -0.3 is 14.6 Å². The Morgan fingerprint density at radius 1 is 1.36 bits per heavy atom. The quantitative estimate of drug-likeness (QED) is 0.942. The lowest BCUT2D eigenvalue weighted by atomic mass is 9.90. The number of aliphatic carboxylic acids is 1. The van der Waals surface area contributed by atoms with Gasteiger partial charge in [-0.25, -0.2) is 0 Å². The van der Waals surface area contributed by atoms with Gasteiger partial charge in [-0.3, -0.25) is 9.59 Å². The molecule has 3 rings (SSSR count). The fourth-order valence-corrected chi connectivity index (χ4v) is 3.49. The van der Waals surface area contributed by atoms with Crippen molar-refractivity contribution in [2.24, 2.45) is 5.41 Å². The van der Waals surface area contributed by atoms with Gasteiger partial charge in [0, 0.05) is 24.2 Å². The lowest BCUT2D eigenvalue weighted by molar-refractivity contribution is -0.147. The first-order valence-electron chi connectivity index (χ1n) is 7.20. The van der Waals surface area contributed by atoms with E-state index in [0.29, 0.717) is 25.2 Å². The number of amides is 1. The molecular weight excluding hydrogens is 300 g/mol. The molecule has 0 spiro atoms. The van der Waals surface area contributed by atoms with Crippen molar-refractivity contribution in [2.75, 3.05) is 13.1 Å². The van der Waals surface area contributed by atoms with Crippen molar-refractivity contribution in [2.45, 2.75) is 19.9 Å². The number of nitrogens with zero attached hydrogens (tertiary/aromatic N) is 2. The molecule has 3 heterocycles. The molecule has 1 fully saturated rings. The Morgan fingerprint density at radius 3 is 2.82 bits per heavy atom. The highest BCUT2D eigenvalue weighted by atomic mass is 32.1. The Bertz CT molecular complexity index is 692. The Morgan fingerprint density at radius 2 is 2.18 bits per heavy atom. The number of hydrogen-bond acceptors (Lipinski definition) is 3. The molecule has 1 amide bonds. The molecule has 0 aliphatic carbocycles. The van der Waals surface area contributed by atoms with Crippen molar-refractivity contribution in [1.29, 1.82) is 0 Å². The van der Waals surface area contributed by atoms with E-state index in [9.17, 15) is 14.7 Å². The van der Waals surface area contributed by atoms with Crippen LogP contribution in [-0.2, 0) is 11.3 Å². The Kier molecular flexibility index (Phi) is 3.78. The van der Waals surface area contributed by atoms with E-state index >= 15 is 0 Å². The highest BCUT2D eigenvalue weighted by molar-refractivity contribution is 7.09. The summed E-state index contributed by atoms with van der Waals surface area (Å²) in [5, 5.41) is 11.3. The van der Waals surface area contributed by atoms with Gasteiger partial charge >= 0.3 is 5.97 Å². The Labute approximate surface area is 132 Å². The van der Waals surface area contributed by atoms with Gasteiger partial charge in [0.1, 0.15) is 5.69 Å². The second kappa shape index (κ2) is 5.61. The topological polar surface area (TPSA) is 62.5 Å². The van der Waals surface area contributed by atoms with E-state index in [1.165, 1.54) is 4.88 Å². The highest BCUT2D eigenvalue weighted by Gasteiger charge is 2.42. The summed E-state index contributed by atoms with van der Waals surface area (Å²) in [6.07, 6.45) is 2.39. The normalized spacial score (nSPS) is 21.2. The molecule has 0 aromatic carbocycles. The van der Waals surface area contributed by atoms with Crippen LogP contribution in [0.1, 0.15) is 28.7 Å². The molecule has 2 aromatic heterocycles. The third-order valence-electron chi connectivity index (χ3n) is 4.23. The third-order valence-corrected chi connectivity index (χ3v) is 5.09. The number of carbonyl (C=O) groups is 2. The van der Waals surface area contributed by atoms with E-state index in [2.05, 4.69) is 0 Å². The molecule has 1 N–H and O–H groups in total. The maximum Gasteiger partial charge on any atom is 0.311 e. The Hall–Kier alpha value is -2.08. The minimum Gasteiger partial charge on any atom is -0.481 e. The van der Waals surface area contributed by atoms with Crippen molar-refractivity contribution in [3.8, 4) is 0 Å². The number of aromatic nitrogens is 1. The molecule has 1 aliphatic rings. The smallest absolute Gasteiger partial charge is 0.311 e. The first kappa shape index (κ1) is 14.8. The number of hydrogen-bond donors (Lipinski definition) is 1. The van der Waals surface area contributed by atoms with Crippen LogP contribution in [0.3, 0.4) is 0 Å². The van der Waals surface area contributed by atoms with Crippen molar-refractivity contribution >= 4 is 23.2 Å². The molecule has 0 bridgehead atoms. The maximum atomic E-state index is 12.7. The molecule has 6 heteroatoms. The molecule has 2 aromatic rings. The molecular formula is C16H18N2O3S. The first-order valence-corrected chi connectivity index (χ1v) is 8.08. The first-order chi connectivity index (χ1) is 10.5. The molecule has 0 radical (unpaired) electrons. The van der Waals surface area contributed by atoms with E-state index in [0.717, 1.165) is 0 Å². The van der Waals surface area contributed by atoms with Gasteiger partial charge in [-0.05, 0) is 36.9 Å². The van der Waals surface area contributed by atoms with Gasteiger partial charge in [0.25, 0.3) is 5.91 Å². The number of rotatable bonds is 4. The van der Waals surface area contributed by atoms with Crippen LogP contribution in [0.5, 0.6) is 0 Å². The number of carboxylic acid groups (broad SMARTS) is 1. The number of likely N-dealkylation sites (tertiary alicyclic amines) is 1. The Balaban J connectivity index is 1.77. The van der Waals surface area contributed by atoms with E-state index in [1.54, 1.807) is 29.2 Å². The van der Waals surface area contributed by atoms with Crippen molar-refractivity contribution in [3.63, 3.8) is 0 Å². The van der Waals surface area contributed by atoms with Gasteiger partial charge in [0.05, 0.1) is 12.0 Å². The third kappa shape index (κ3) is 2.66. The zero-order chi connectivity index (χ0) is 15.7. The average Bonchev–Trinajstić information content (AvgIpc) is 3.20. The van der Waals surface area contributed by atoms with Crippen LogP contribution in [0.25, 0.3) is 0 Å². The molecule has 0 unspecified atom stereocenters. The molecule has 116 valence electrons. The highest BCUT2D eigenvalue weighted by Crippen LogP contribution is 2.31. The van der Waals surface area contributed by atoms with Crippen molar-refractivity contribution in [1.82, 2.24) is 9.47 Å². The number of thiophene rings is 1. The summed E-state index contributed by atoms with van der Waals surface area (Å²) in [5.41, 5.74) is -0.219. The lowest BCUT2D eigenvalue weighted by Gasteiger charge is -2.20. The van der Waals surface area contributed by atoms with E-state index < -0.39 is 11.4 Å². The predicted molar refractivity (Wildman–Crippen MR) is 84.1 cm³/mol. The zero-order valence-electron chi connectivity index (χ0n) is 12.4. The predicted octanol–water partition coefficient (Wildman–Crippen LogP) is 2.53. The molecule has 1 saturated heterocycles. The minimum absolute atomic E-state index is 0.0912. The minimum atomic E-state index is -0.836. The van der Waals surface area contributed by atoms with Gasteiger partial charge in [0.2, 0.25) is 0 Å².